The SMILES string of the molecule is CC(C)(C)NCCOC1CCCCO1. The van der Waals surface area contributed by atoms with Crippen LogP contribution in [-0.4, -0.2) is 31.6 Å². The first kappa shape index (κ1) is 12.0. The average Bonchev–Trinajstić information content (AvgIpc) is 2.13. The molecule has 0 saturated carbocycles. The van der Waals surface area contributed by atoms with E-state index in [1.165, 1.54) is 12.8 Å². The van der Waals surface area contributed by atoms with Crippen molar-refractivity contribution in [1.82, 2.24) is 5.32 Å². The molecule has 0 spiro atoms. The first-order chi connectivity index (χ1) is 6.58. The van der Waals surface area contributed by atoms with E-state index < -0.39 is 0 Å². The van der Waals surface area contributed by atoms with Crippen molar-refractivity contribution < 1.29 is 9.47 Å². The molecule has 1 unspecified atom stereocenters. The summed E-state index contributed by atoms with van der Waals surface area (Å²) in [5.74, 6) is 0. The number of ether oxygens (including phenoxy) is 2. The number of rotatable bonds is 4. The average molecular weight is 201 g/mol. The van der Waals surface area contributed by atoms with Crippen LogP contribution >= 0.6 is 0 Å². The van der Waals surface area contributed by atoms with Crippen molar-refractivity contribution in [3.05, 3.63) is 0 Å². The third-order valence-electron chi connectivity index (χ3n) is 2.20. The van der Waals surface area contributed by atoms with Gasteiger partial charge in [-0.05, 0) is 40.0 Å². The maximum Gasteiger partial charge on any atom is 0.157 e. The first-order valence-corrected chi connectivity index (χ1v) is 5.56. The molecule has 1 aliphatic heterocycles. The van der Waals surface area contributed by atoms with Crippen molar-refractivity contribution >= 4 is 0 Å². The van der Waals surface area contributed by atoms with E-state index in [0.29, 0.717) is 0 Å². The fraction of sp³-hybridized carbons (Fsp3) is 1.00. The zero-order chi connectivity index (χ0) is 10.4. The van der Waals surface area contributed by atoms with Gasteiger partial charge in [0.05, 0.1) is 6.61 Å². The van der Waals surface area contributed by atoms with Crippen molar-refractivity contribution in [2.45, 2.75) is 51.9 Å². The molecular weight excluding hydrogens is 178 g/mol. The first-order valence-electron chi connectivity index (χ1n) is 5.56. The van der Waals surface area contributed by atoms with E-state index in [1.807, 2.05) is 0 Å². The molecule has 0 radical (unpaired) electrons. The van der Waals surface area contributed by atoms with Crippen molar-refractivity contribution in [2.75, 3.05) is 19.8 Å². The second kappa shape index (κ2) is 5.69. The summed E-state index contributed by atoms with van der Waals surface area (Å²) in [4.78, 5) is 0. The van der Waals surface area contributed by atoms with Gasteiger partial charge < -0.3 is 14.8 Å². The van der Waals surface area contributed by atoms with Crippen molar-refractivity contribution in [1.29, 1.82) is 0 Å². The highest BCUT2D eigenvalue weighted by atomic mass is 16.7. The molecule has 0 aromatic carbocycles. The molecule has 1 fully saturated rings. The Hall–Kier alpha value is -0.120. The van der Waals surface area contributed by atoms with E-state index in [9.17, 15) is 0 Å². The second-order valence-electron chi connectivity index (χ2n) is 4.84. The molecule has 3 heteroatoms. The molecule has 1 rings (SSSR count). The lowest BCUT2D eigenvalue weighted by Gasteiger charge is -2.24. The Balaban J connectivity index is 1.97. The largest absolute Gasteiger partial charge is 0.353 e. The van der Waals surface area contributed by atoms with Gasteiger partial charge in [-0.1, -0.05) is 0 Å². The molecule has 0 amide bonds. The molecule has 1 saturated heterocycles. The van der Waals surface area contributed by atoms with Gasteiger partial charge in [0.15, 0.2) is 6.29 Å². The van der Waals surface area contributed by atoms with Crippen LogP contribution in [0, 0.1) is 0 Å². The topological polar surface area (TPSA) is 30.5 Å². The van der Waals surface area contributed by atoms with Crippen molar-refractivity contribution in [3.63, 3.8) is 0 Å². The van der Waals surface area contributed by atoms with Gasteiger partial charge >= 0.3 is 0 Å². The fourth-order valence-corrected chi connectivity index (χ4v) is 1.46. The maximum absolute atomic E-state index is 5.59. The molecule has 0 bridgehead atoms. The summed E-state index contributed by atoms with van der Waals surface area (Å²) in [7, 11) is 0. The van der Waals surface area contributed by atoms with E-state index in [2.05, 4.69) is 26.1 Å². The van der Waals surface area contributed by atoms with E-state index in [0.717, 1.165) is 26.2 Å². The summed E-state index contributed by atoms with van der Waals surface area (Å²) >= 11 is 0. The second-order valence-corrected chi connectivity index (χ2v) is 4.84. The van der Waals surface area contributed by atoms with Gasteiger partial charge in [0.1, 0.15) is 0 Å². The minimum absolute atomic E-state index is 0.0468. The van der Waals surface area contributed by atoms with Gasteiger partial charge in [0, 0.05) is 18.7 Å². The van der Waals surface area contributed by atoms with E-state index in [4.69, 9.17) is 9.47 Å². The Kier molecular flexibility index (Phi) is 4.85. The highest BCUT2D eigenvalue weighted by molar-refractivity contribution is 4.69. The van der Waals surface area contributed by atoms with Crippen LogP contribution in [-0.2, 0) is 9.47 Å². The Morgan fingerprint density at radius 1 is 1.36 bits per heavy atom. The zero-order valence-electron chi connectivity index (χ0n) is 9.64. The van der Waals surface area contributed by atoms with Crippen LogP contribution in [0.15, 0.2) is 0 Å². The van der Waals surface area contributed by atoms with Crippen LogP contribution < -0.4 is 5.32 Å². The molecule has 84 valence electrons. The highest BCUT2D eigenvalue weighted by Crippen LogP contribution is 2.13. The maximum atomic E-state index is 5.59. The van der Waals surface area contributed by atoms with Gasteiger partial charge in [0.25, 0.3) is 0 Å². The van der Waals surface area contributed by atoms with E-state index >= 15 is 0 Å². The van der Waals surface area contributed by atoms with Crippen molar-refractivity contribution in [3.8, 4) is 0 Å². The van der Waals surface area contributed by atoms with Gasteiger partial charge in [-0.2, -0.15) is 0 Å². The Labute approximate surface area is 87.2 Å². The summed E-state index contributed by atoms with van der Waals surface area (Å²) in [6.45, 7) is 8.96. The van der Waals surface area contributed by atoms with Gasteiger partial charge in [-0.15, -0.1) is 0 Å². The van der Waals surface area contributed by atoms with Crippen molar-refractivity contribution in [2.24, 2.45) is 0 Å². The van der Waals surface area contributed by atoms with Gasteiger partial charge in [-0.25, -0.2) is 0 Å². The molecule has 0 aromatic rings. The molecule has 1 N–H and O–H groups in total. The summed E-state index contributed by atoms with van der Waals surface area (Å²) in [6, 6.07) is 0. The quantitative estimate of drug-likeness (QED) is 0.705. The van der Waals surface area contributed by atoms with Gasteiger partial charge in [-0.3, -0.25) is 0 Å². The van der Waals surface area contributed by atoms with Gasteiger partial charge in [0.2, 0.25) is 0 Å². The number of hydrogen-bond acceptors (Lipinski definition) is 3. The van der Waals surface area contributed by atoms with Crippen LogP contribution in [0.3, 0.4) is 0 Å². The van der Waals surface area contributed by atoms with Crippen LogP contribution in [0.5, 0.6) is 0 Å². The lowest BCUT2D eigenvalue weighted by atomic mass is 10.1. The summed E-state index contributed by atoms with van der Waals surface area (Å²) in [5.41, 5.74) is 0.177. The summed E-state index contributed by atoms with van der Waals surface area (Å²) in [5, 5.41) is 3.38. The zero-order valence-corrected chi connectivity index (χ0v) is 9.64. The number of hydrogen-bond donors (Lipinski definition) is 1. The monoisotopic (exact) mass is 201 g/mol. The lowest BCUT2D eigenvalue weighted by molar-refractivity contribution is -0.161. The summed E-state index contributed by atoms with van der Waals surface area (Å²) < 4.78 is 11.1. The smallest absolute Gasteiger partial charge is 0.157 e. The van der Waals surface area contributed by atoms with Crippen LogP contribution in [0.25, 0.3) is 0 Å². The minimum atomic E-state index is 0.0468. The Bertz CT molecular complexity index is 148. The standard InChI is InChI=1S/C11H23NO2/c1-11(2,3)12-7-9-14-10-6-4-5-8-13-10/h10,12H,4-9H2,1-3H3. The normalized spacial score (nSPS) is 23.8. The van der Waals surface area contributed by atoms with Crippen LogP contribution in [0.2, 0.25) is 0 Å². The fourth-order valence-electron chi connectivity index (χ4n) is 1.46. The molecule has 14 heavy (non-hydrogen) atoms. The van der Waals surface area contributed by atoms with Crippen LogP contribution in [0.1, 0.15) is 40.0 Å². The minimum Gasteiger partial charge on any atom is -0.353 e. The molecule has 3 nitrogen and oxygen atoms in total. The lowest BCUT2D eigenvalue weighted by Crippen LogP contribution is -2.38. The highest BCUT2D eigenvalue weighted by Gasteiger charge is 2.14. The summed E-state index contributed by atoms with van der Waals surface area (Å²) in [6.07, 6.45) is 3.51. The molecule has 0 aromatic heterocycles. The van der Waals surface area contributed by atoms with E-state index in [-0.39, 0.29) is 11.8 Å². The van der Waals surface area contributed by atoms with Crippen LogP contribution in [0.4, 0.5) is 0 Å². The molecule has 1 heterocycles. The predicted octanol–water partition coefficient (Wildman–Crippen LogP) is 1.92. The Morgan fingerprint density at radius 2 is 2.14 bits per heavy atom. The number of nitrogens with one attached hydrogen (secondary N) is 1. The predicted molar refractivity (Wildman–Crippen MR) is 57.3 cm³/mol. The molecular formula is C11H23NO2. The third-order valence-corrected chi connectivity index (χ3v) is 2.20. The molecule has 1 atom stereocenters. The van der Waals surface area contributed by atoms with E-state index in [1.54, 1.807) is 0 Å². The molecule has 1 aliphatic rings. The Morgan fingerprint density at radius 3 is 2.71 bits per heavy atom. The third kappa shape index (κ3) is 5.58. The molecule has 0 aliphatic carbocycles.